The van der Waals surface area contributed by atoms with Gasteiger partial charge < -0.3 is 10.1 Å². The summed E-state index contributed by atoms with van der Waals surface area (Å²) in [4.78, 5) is 16.6. The van der Waals surface area contributed by atoms with E-state index in [0.29, 0.717) is 5.69 Å². The van der Waals surface area contributed by atoms with E-state index >= 15 is 0 Å². The SMILES string of the molecule is Cn1nccc1C(=O)NC1CCC(Oc2ccc3ncccc3c2)CC1. The first-order chi connectivity index (χ1) is 12.7. The summed E-state index contributed by atoms with van der Waals surface area (Å²) in [5, 5.41) is 8.24. The van der Waals surface area contributed by atoms with Crippen LogP contribution in [0.15, 0.2) is 48.8 Å². The van der Waals surface area contributed by atoms with Gasteiger partial charge in [0.05, 0.1) is 11.6 Å². The number of fused-ring (bicyclic) bond motifs is 1. The van der Waals surface area contributed by atoms with Crippen LogP contribution in [0.5, 0.6) is 5.75 Å². The fourth-order valence-electron chi connectivity index (χ4n) is 3.50. The van der Waals surface area contributed by atoms with Gasteiger partial charge in [0.1, 0.15) is 11.4 Å². The Morgan fingerprint density at radius 3 is 2.77 bits per heavy atom. The lowest BCUT2D eigenvalue weighted by Gasteiger charge is -2.29. The summed E-state index contributed by atoms with van der Waals surface area (Å²) in [6.45, 7) is 0. The molecule has 1 aromatic carbocycles. The van der Waals surface area contributed by atoms with E-state index in [4.69, 9.17) is 4.74 Å². The normalized spacial score (nSPS) is 20.0. The number of nitrogens with zero attached hydrogens (tertiary/aromatic N) is 3. The molecule has 0 bridgehead atoms. The average Bonchev–Trinajstić information content (AvgIpc) is 3.09. The highest BCUT2D eigenvalue weighted by molar-refractivity contribution is 5.92. The number of benzene rings is 1. The topological polar surface area (TPSA) is 69.0 Å². The van der Waals surface area contributed by atoms with Crippen molar-refractivity contribution in [2.24, 2.45) is 7.05 Å². The molecule has 0 unspecified atom stereocenters. The summed E-state index contributed by atoms with van der Waals surface area (Å²) in [6, 6.07) is 11.9. The highest BCUT2D eigenvalue weighted by Crippen LogP contribution is 2.26. The number of amides is 1. The molecule has 0 saturated heterocycles. The van der Waals surface area contributed by atoms with Gasteiger partial charge in [-0.15, -0.1) is 0 Å². The van der Waals surface area contributed by atoms with Gasteiger partial charge in [0.2, 0.25) is 0 Å². The molecule has 4 rings (SSSR count). The van der Waals surface area contributed by atoms with Gasteiger partial charge in [-0.1, -0.05) is 6.07 Å². The highest BCUT2D eigenvalue weighted by Gasteiger charge is 2.24. The number of aryl methyl sites for hydroxylation is 1. The summed E-state index contributed by atoms with van der Waals surface area (Å²) in [5.41, 5.74) is 1.56. The summed E-state index contributed by atoms with van der Waals surface area (Å²) >= 11 is 0. The van der Waals surface area contributed by atoms with Crippen LogP contribution in [0.1, 0.15) is 36.2 Å². The van der Waals surface area contributed by atoms with Crippen molar-refractivity contribution in [3.8, 4) is 5.75 Å². The molecule has 1 amide bonds. The third-order valence-electron chi connectivity index (χ3n) is 4.94. The van der Waals surface area contributed by atoms with Crippen molar-refractivity contribution in [2.45, 2.75) is 37.8 Å². The van der Waals surface area contributed by atoms with Crippen molar-refractivity contribution in [1.82, 2.24) is 20.1 Å². The fraction of sp³-hybridized carbons (Fsp3) is 0.350. The number of ether oxygens (including phenoxy) is 1. The predicted octanol–water partition coefficient (Wildman–Crippen LogP) is 3.09. The Labute approximate surface area is 152 Å². The molecule has 1 fully saturated rings. The fourth-order valence-corrected chi connectivity index (χ4v) is 3.50. The lowest BCUT2D eigenvalue weighted by atomic mass is 9.93. The standard InChI is InChI=1S/C20H22N4O2/c1-24-19(10-12-22-24)20(25)23-15-4-6-16(7-5-15)26-17-8-9-18-14(13-17)3-2-11-21-18/h2-3,8-13,15-16H,4-7H2,1H3,(H,23,25). The smallest absolute Gasteiger partial charge is 0.269 e. The Morgan fingerprint density at radius 1 is 1.15 bits per heavy atom. The number of carbonyl (C=O) groups is 1. The molecule has 134 valence electrons. The minimum absolute atomic E-state index is 0.0589. The van der Waals surface area contributed by atoms with Gasteiger partial charge in [-0.2, -0.15) is 5.10 Å². The maximum absolute atomic E-state index is 12.3. The van der Waals surface area contributed by atoms with E-state index in [9.17, 15) is 4.79 Å². The Bertz CT molecular complexity index is 913. The van der Waals surface area contributed by atoms with Crippen LogP contribution in [-0.4, -0.2) is 32.8 Å². The van der Waals surface area contributed by atoms with Gasteiger partial charge in [0.25, 0.3) is 5.91 Å². The minimum atomic E-state index is -0.0589. The van der Waals surface area contributed by atoms with Crippen molar-refractivity contribution in [2.75, 3.05) is 0 Å². The minimum Gasteiger partial charge on any atom is -0.490 e. The van der Waals surface area contributed by atoms with Crippen LogP contribution in [0.4, 0.5) is 0 Å². The summed E-state index contributed by atoms with van der Waals surface area (Å²) in [7, 11) is 1.78. The van der Waals surface area contributed by atoms with Gasteiger partial charge >= 0.3 is 0 Å². The van der Waals surface area contributed by atoms with Crippen molar-refractivity contribution in [1.29, 1.82) is 0 Å². The summed E-state index contributed by atoms with van der Waals surface area (Å²) < 4.78 is 7.75. The van der Waals surface area contributed by atoms with E-state index in [1.165, 1.54) is 0 Å². The maximum atomic E-state index is 12.3. The molecular weight excluding hydrogens is 328 g/mol. The molecular formula is C20H22N4O2. The first-order valence-electron chi connectivity index (χ1n) is 8.99. The van der Waals surface area contributed by atoms with Gasteiger partial charge in [0.15, 0.2) is 0 Å². The zero-order chi connectivity index (χ0) is 17.9. The van der Waals surface area contributed by atoms with Crippen molar-refractivity contribution in [3.63, 3.8) is 0 Å². The molecule has 1 aliphatic rings. The lowest BCUT2D eigenvalue weighted by Crippen LogP contribution is -2.40. The molecule has 0 aliphatic heterocycles. The van der Waals surface area contributed by atoms with Crippen molar-refractivity contribution in [3.05, 3.63) is 54.5 Å². The zero-order valence-electron chi connectivity index (χ0n) is 14.8. The second-order valence-corrected chi connectivity index (χ2v) is 6.76. The Kier molecular flexibility index (Phi) is 4.56. The molecule has 0 spiro atoms. The van der Waals surface area contributed by atoms with E-state index in [0.717, 1.165) is 42.3 Å². The van der Waals surface area contributed by atoms with Crippen LogP contribution in [-0.2, 0) is 7.05 Å². The van der Waals surface area contributed by atoms with E-state index in [2.05, 4.69) is 15.4 Å². The Morgan fingerprint density at radius 2 is 2.00 bits per heavy atom. The quantitative estimate of drug-likeness (QED) is 0.785. The first-order valence-corrected chi connectivity index (χ1v) is 8.99. The van der Waals surface area contributed by atoms with Crippen LogP contribution >= 0.6 is 0 Å². The molecule has 6 nitrogen and oxygen atoms in total. The molecule has 0 atom stereocenters. The van der Waals surface area contributed by atoms with Crippen LogP contribution in [0.25, 0.3) is 10.9 Å². The van der Waals surface area contributed by atoms with E-state index < -0.39 is 0 Å². The Hall–Kier alpha value is -2.89. The number of hydrogen-bond donors (Lipinski definition) is 1. The number of pyridine rings is 1. The van der Waals surface area contributed by atoms with E-state index in [-0.39, 0.29) is 18.1 Å². The Balaban J connectivity index is 1.31. The van der Waals surface area contributed by atoms with E-state index in [1.54, 1.807) is 30.2 Å². The van der Waals surface area contributed by atoms with Gasteiger partial charge in [-0.3, -0.25) is 14.5 Å². The monoisotopic (exact) mass is 350 g/mol. The highest BCUT2D eigenvalue weighted by atomic mass is 16.5. The predicted molar refractivity (Wildman–Crippen MR) is 99.1 cm³/mol. The molecule has 1 saturated carbocycles. The van der Waals surface area contributed by atoms with Crippen LogP contribution in [0.2, 0.25) is 0 Å². The third kappa shape index (κ3) is 3.54. The summed E-state index contributed by atoms with van der Waals surface area (Å²) in [6.07, 6.45) is 7.33. The van der Waals surface area contributed by atoms with Crippen LogP contribution < -0.4 is 10.1 Å². The molecule has 1 N–H and O–H groups in total. The third-order valence-corrected chi connectivity index (χ3v) is 4.94. The molecule has 0 radical (unpaired) electrons. The number of nitrogens with one attached hydrogen (secondary N) is 1. The summed E-state index contributed by atoms with van der Waals surface area (Å²) in [5.74, 6) is 0.823. The van der Waals surface area contributed by atoms with Gasteiger partial charge in [-0.25, -0.2) is 0 Å². The number of hydrogen-bond acceptors (Lipinski definition) is 4. The van der Waals surface area contributed by atoms with Crippen LogP contribution in [0.3, 0.4) is 0 Å². The maximum Gasteiger partial charge on any atom is 0.269 e. The lowest BCUT2D eigenvalue weighted by molar-refractivity contribution is 0.0885. The molecule has 3 aromatic rings. The van der Waals surface area contributed by atoms with Crippen molar-refractivity contribution < 1.29 is 9.53 Å². The zero-order valence-corrected chi connectivity index (χ0v) is 14.8. The number of carbonyl (C=O) groups excluding carboxylic acids is 1. The number of aromatic nitrogens is 3. The number of rotatable bonds is 4. The van der Waals surface area contributed by atoms with Gasteiger partial charge in [-0.05, 0) is 56.0 Å². The molecule has 1 aliphatic carbocycles. The average molecular weight is 350 g/mol. The molecule has 2 heterocycles. The van der Waals surface area contributed by atoms with Gasteiger partial charge in [0, 0.05) is 30.9 Å². The second-order valence-electron chi connectivity index (χ2n) is 6.76. The largest absolute Gasteiger partial charge is 0.490 e. The van der Waals surface area contributed by atoms with E-state index in [1.807, 2.05) is 30.3 Å². The molecule has 26 heavy (non-hydrogen) atoms. The molecule has 6 heteroatoms. The van der Waals surface area contributed by atoms with Crippen LogP contribution in [0, 0.1) is 0 Å². The first kappa shape index (κ1) is 16.6. The van der Waals surface area contributed by atoms with Crippen molar-refractivity contribution >= 4 is 16.8 Å². The molecule has 2 aromatic heterocycles. The second kappa shape index (κ2) is 7.15.